The molecular weight excluding hydrogens is 184 g/mol. The van der Waals surface area contributed by atoms with E-state index in [1.165, 1.54) is 6.42 Å². The molecule has 1 aliphatic carbocycles. The molecule has 2 nitrogen and oxygen atoms in total. The van der Waals surface area contributed by atoms with Crippen LogP contribution in [0.1, 0.15) is 18.9 Å². The van der Waals surface area contributed by atoms with E-state index in [0.29, 0.717) is 0 Å². The van der Waals surface area contributed by atoms with Crippen LogP contribution in [0.4, 0.5) is 5.69 Å². The quantitative estimate of drug-likeness (QED) is 0.750. The van der Waals surface area contributed by atoms with Gasteiger partial charge in [-0.15, -0.1) is 0 Å². The number of hydrogen-bond donors (Lipinski definition) is 0. The number of benzene rings is 1. The fraction of sp³-hybridized carbons (Fsp3) is 0.462. The van der Waals surface area contributed by atoms with Crippen LogP contribution in [0.5, 0.6) is 0 Å². The van der Waals surface area contributed by atoms with Crippen molar-refractivity contribution in [2.75, 3.05) is 18.5 Å². The van der Waals surface area contributed by atoms with Gasteiger partial charge in [0.25, 0.3) is 0 Å². The van der Waals surface area contributed by atoms with Crippen molar-refractivity contribution in [2.45, 2.75) is 13.3 Å². The maximum Gasteiger partial charge on any atom is 0.101 e. The molecule has 0 aliphatic heterocycles. The highest BCUT2D eigenvalue weighted by Crippen LogP contribution is 2.38. The lowest BCUT2D eigenvalue weighted by Gasteiger charge is -2.20. The van der Waals surface area contributed by atoms with Crippen LogP contribution in [-0.4, -0.2) is 13.6 Å². The van der Waals surface area contributed by atoms with Crippen LogP contribution in [0.25, 0.3) is 0 Å². The minimum absolute atomic E-state index is 0.772. The van der Waals surface area contributed by atoms with Gasteiger partial charge in [-0.2, -0.15) is 5.26 Å². The molecule has 2 atom stereocenters. The van der Waals surface area contributed by atoms with E-state index in [4.69, 9.17) is 5.26 Å². The van der Waals surface area contributed by atoms with E-state index in [2.05, 4.69) is 24.9 Å². The highest BCUT2D eigenvalue weighted by atomic mass is 15.1. The van der Waals surface area contributed by atoms with Crippen LogP contribution in [0.2, 0.25) is 0 Å². The molecule has 2 unspecified atom stereocenters. The lowest BCUT2D eigenvalue weighted by molar-refractivity contribution is 0.725. The van der Waals surface area contributed by atoms with Crippen LogP contribution >= 0.6 is 0 Å². The molecule has 1 fully saturated rings. The fourth-order valence-electron chi connectivity index (χ4n) is 2.00. The van der Waals surface area contributed by atoms with Crippen molar-refractivity contribution in [3.8, 4) is 6.07 Å². The molecule has 0 N–H and O–H groups in total. The third kappa shape index (κ3) is 2.12. The first kappa shape index (κ1) is 10.0. The maximum absolute atomic E-state index is 8.99. The number of anilines is 1. The number of rotatable bonds is 3. The van der Waals surface area contributed by atoms with Crippen LogP contribution in [-0.2, 0) is 0 Å². The summed E-state index contributed by atoms with van der Waals surface area (Å²) in [5.74, 6) is 1.68. The molecule has 0 amide bonds. The number of hydrogen-bond acceptors (Lipinski definition) is 2. The third-order valence-electron chi connectivity index (χ3n) is 3.22. The predicted molar refractivity (Wildman–Crippen MR) is 61.7 cm³/mol. The summed E-state index contributed by atoms with van der Waals surface area (Å²) in [5, 5.41) is 8.99. The van der Waals surface area contributed by atoms with Gasteiger partial charge in [-0.3, -0.25) is 0 Å². The Morgan fingerprint density at radius 1 is 1.47 bits per heavy atom. The molecule has 0 aromatic heterocycles. The van der Waals surface area contributed by atoms with Crippen molar-refractivity contribution in [1.82, 2.24) is 0 Å². The van der Waals surface area contributed by atoms with Gasteiger partial charge in [0.15, 0.2) is 0 Å². The summed E-state index contributed by atoms with van der Waals surface area (Å²) in [7, 11) is 2.07. The Balaban J connectivity index is 2.11. The predicted octanol–water partition coefficient (Wildman–Crippen LogP) is 2.65. The first-order chi connectivity index (χ1) is 7.22. The average molecular weight is 200 g/mol. The van der Waals surface area contributed by atoms with Crippen LogP contribution < -0.4 is 4.90 Å². The van der Waals surface area contributed by atoms with E-state index in [1.807, 2.05) is 24.3 Å². The summed E-state index contributed by atoms with van der Waals surface area (Å²) in [5.41, 5.74) is 1.83. The topological polar surface area (TPSA) is 27.0 Å². The van der Waals surface area contributed by atoms with Gasteiger partial charge in [-0.25, -0.2) is 0 Å². The van der Waals surface area contributed by atoms with Crippen LogP contribution in [0.3, 0.4) is 0 Å². The Morgan fingerprint density at radius 2 is 2.13 bits per heavy atom. The molecule has 0 bridgehead atoms. The molecule has 1 saturated carbocycles. The monoisotopic (exact) mass is 200 g/mol. The molecule has 1 aromatic rings. The van der Waals surface area contributed by atoms with Crippen LogP contribution in [0.15, 0.2) is 24.3 Å². The average Bonchev–Trinajstić information content (AvgIpc) is 2.94. The summed E-state index contributed by atoms with van der Waals surface area (Å²) < 4.78 is 0. The second kappa shape index (κ2) is 3.94. The van der Waals surface area contributed by atoms with Crippen molar-refractivity contribution >= 4 is 5.69 Å². The molecular formula is C13H16N2. The molecule has 1 aliphatic rings. The number of nitrogens with zero attached hydrogens (tertiary/aromatic N) is 2. The number of para-hydroxylation sites is 1. The maximum atomic E-state index is 8.99. The van der Waals surface area contributed by atoms with E-state index < -0.39 is 0 Å². The Morgan fingerprint density at radius 3 is 2.73 bits per heavy atom. The first-order valence-corrected chi connectivity index (χ1v) is 5.42. The third-order valence-corrected chi connectivity index (χ3v) is 3.22. The minimum atomic E-state index is 0.772. The van der Waals surface area contributed by atoms with Crippen molar-refractivity contribution in [2.24, 2.45) is 11.8 Å². The number of nitriles is 1. The standard InChI is InChI=1S/C13H16N2/c1-10-7-12(10)9-15(2)13-6-4-3-5-11(13)8-14/h3-6,10,12H,7,9H2,1-2H3. The lowest BCUT2D eigenvalue weighted by atomic mass is 10.1. The summed E-state index contributed by atoms with van der Waals surface area (Å²) in [4.78, 5) is 2.20. The van der Waals surface area contributed by atoms with Gasteiger partial charge in [0.2, 0.25) is 0 Å². The zero-order chi connectivity index (χ0) is 10.8. The molecule has 2 rings (SSSR count). The fourth-order valence-corrected chi connectivity index (χ4v) is 2.00. The summed E-state index contributed by atoms with van der Waals surface area (Å²) in [6, 6.07) is 10.0. The van der Waals surface area contributed by atoms with Gasteiger partial charge >= 0.3 is 0 Å². The Bertz CT molecular complexity index is 392. The van der Waals surface area contributed by atoms with E-state index in [0.717, 1.165) is 29.6 Å². The zero-order valence-electron chi connectivity index (χ0n) is 9.27. The molecule has 0 spiro atoms. The minimum Gasteiger partial charge on any atom is -0.373 e. The molecule has 0 saturated heterocycles. The molecule has 2 heteroatoms. The van der Waals surface area contributed by atoms with E-state index in [-0.39, 0.29) is 0 Å². The largest absolute Gasteiger partial charge is 0.373 e. The van der Waals surface area contributed by atoms with Gasteiger partial charge in [0, 0.05) is 13.6 Å². The van der Waals surface area contributed by atoms with Crippen molar-refractivity contribution in [1.29, 1.82) is 5.26 Å². The van der Waals surface area contributed by atoms with E-state index in [9.17, 15) is 0 Å². The van der Waals surface area contributed by atoms with Crippen LogP contribution in [0, 0.1) is 23.2 Å². The summed E-state index contributed by atoms with van der Waals surface area (Å²) in [6.45, 7) is 3.36. The van der Waals surface area contributed by atoms with Gasteiger partial charge in [0.05, 0.1) is 11.3 Å². The van der Waals surface area contributed by atoms with E-state index in [1.54, 1.807) is 0 Å². The normalized spacial score (nSPS) is 23.3. The molecule has 15 heavy (non-hydrogen) atoms. The Kier molecular flexibility index (Phi) is 2.64. The van der Waals surface area contributed by atoms with Gasteiger partial charge < -0.3 is 4.90 Å². The molecule has 0 heterocycles. The lowest BCUT2D eigenvalue weighted by Crippen LogP contribution is -2.21. The van der Waals surface area contributed by atoms with Gasteiger partial charge in [-0.05, 0) is 30.4 Å². The van der Waals surface area contributed by atoms with Gasteiger partial charge in [-0.1, -0.05) is 19.1 Å². The van der Waals surface area contributed by atoms with Crippen molar-refractivity contribution < 1.29 is 0 Å². The molecule has 0 radical (unpaired) electrons. The first-order valence-electron chi connectivity index (χ1n) is 5.42. The van der Waals surface area contributed by atoms with E-state index >= 15 is 0 Å². The SMILES string of the molecule is CC1CC1CN(C)c1ccccc1C#N. The molecule has 78 valence electrons. The second-order valence-corrected chi connectivity index (χ2v) is 4.48. The van der Waals surface area contributed by atoms with Gasteiger partial charge in [0.1, 0.15) is 6.07 Å². The van der Waals surface area contributed by atoms with Crippen molar-refractivity contribution in [3.63, 3.8) is 0 Å². The van der Waals surface area contributed by atoms with Crippen molar-refractivity contribution in [3.05, 3.63) is 29.8 Å². The summed E-state index contributed by atoms with van der Waals surface area (Å²) in [6.07, 6.45) is 1.33. The highest BCUT2D eigenvalue weighted by Gasteiger charge is 2.33. The molecule has 1 aromatic carbocycles. The highest BCUT2D eigenvalue weighted by molar-refractivity contribution is 5.58. The smallest absolute Gasteiger partial charge is 0.101 e. The second-order valence-electron chi connectivity index (χ2n) is 4.48. The Labute approximate surface area is 91.1 Å². The zero-order valence-corrected chi connectivity index (χ0v) is 9.27. The summed E-state index contributed by atoms with van der Waals surface area (Å²) >= 11 is 0. The Hall–Kier alpha value is -1.49.